The van der Waals surface area contributed by atoms with Gasteiger partial charge in [-0.15, -0.1) is 23.2 Å². The third kappa shape index (κ3) is 1.13. The van der Waals surface area contributed by atoms with Gasteiger partial charge >= 0.3 is 5.97 Å². The van der Waals surface area contributed by atoms with Crippen molar-refractivity contribution in [1.82, 2.24) is 0 Å². The molecular formula is C7H10Cl2O2. The molecule has 1 atom stereocenters. The Bertz CT molecular complexity index is 191. The van der Waals surface area contributed by atoms with E-state index in [4.69, 9.17) is 23.2 Å². The van der Waals surface area contributed by atoms with Crippen molar-refractivity contribution < 1.29 is 9.53 Å². The molecule has 0 radical (unpaired) electrons. The SMILES string of the molecule is CC[C@@]1(C(=O)OC)CC1(Cl)Cl. The van der Waals surface area contributed by atoms with Crippen molar-refractivity contribution in [3.05, 3.63) is 0 Å². The number of hydrogen-bond acceptors (Lipinski definition) is 2. The second kappa shape index (κ2) is 2.53. The van der Waals surface area contributed by atoms with Crippen molar-refractivity contribution in [2.24, 2.45) is 5.41 Å². The Morgan fingerprint density at radius 2 is 2.09 bits per heavy atom. The second-order valence-electron chi connectivity index (χ2n) is 2.81. The van der Waals surface area contributed by atoms with E-state index >= 15 is 0 Å². The number of rotatable bonds is 2. The van der Waals surface area contributed by atoms with Crippen LogP contribution in [-0.2, 0) is 9.53 Å². The summed E-state index contributed by atoms with van der Waals surface area (Å²) in [6.07, 6.45) is 1.14. The molecular weight excluding hydrogens is 187 g/mol. The number of ether oxygens (including phenoxy) is 1. The fourth-order valence-electron chi connectivity index (χ4n) is 1.28. The van der Waals surface area contributed by atoms with Gasteiger partial charge in [-0.05, 0) is 6.42 Å². The maximum absolute atomic E-state index is 11.2. The minimum absolute atomic E-state index is 0.301. The highest BCUT2D eigenvalue weighted by atomic mass is 35.5. The quantitative estimate of drug-likeness (QED) is 0.500. The van der Waals surface area contributed by atoms with Crippen LogP contribution in [0.1, 0.15) is 19.8 Å². The summed E-state index contributed by atoms with van der Waals surface area (Å²) >= 11 is 11.6. The Morgan fingerprint density at radius 3 is 2.18 bits per heavy atom. The monoisotopic (exact) mass is 196 g/mol. The molecule has 1 saturated carbocycles. The molecule has 64 valence electrons. The number of halogens is 2. The molecule has 0 aromatic rings. The topological polar surface area (TPSA) is 26.3 Å². The summed E-state index contributed by atoms with van der Waals surface area (Å²) in [5.41, 5.74) is -0.634. The Balaban J connectivity index is 2.75. The summed E-state index contributed by atoms with van der Waals surface area (Å²) < 4.78 is 3.70. The summed E-state index contributed by atoms with van der Waals surface area (Å²) in [4.78, 5) is 11.2. The molecule has 1 rings (SSSR count). The van der Waals surface area contributed by atoms with Crippen molar-refractivity contribution >= 4 is 29.2 Å². The molecule has 0 heterocycles. The molecule has 1 aliphatic rings. The fourth-order valence-corrected chi connectivity index (χ4v) is 2.16. The highest BCUT2D eigenvalue weighted by Gasteiger charge is 2.70. The van der Waals surface area contributed by atoms with Gasteiger partial charge in [0.2, 0.25) is 0 Å². The van der Waals surface area contributed by atoms with Crippen LogP contribution in [0.5, 0.6) is 0 Å². The van der Waals surface area contributed by atoms with Gasteiger partial charge in [-0.2, -0.15) is 0 Å². The third-order valence-electron chi connectivity index (χ3n) is 2.28. The normalized spacial score (nSPS) is 33.1. The highest BCUT2D eigenvalue weighted by molar-refractivity contribution is 6.53. The highest BCUT2D eigenvalue weighted by Crippen LogP contribution is 2.66. The van der Waals surface area contributed by atoms with E-state index in [-0.39, 0.29) is 5.97 Å². The predicted octanol–water partition coefficient (Wildman–Crippen LogP) is 2.13. The smallest absolute Gasteiger partial charge is 0.314 e. The Labute approximate surface area is 75.8 Å². The fraction of sp³-hybridized carbons (Fsp3) is 0.857. The standard InChI is InChI=1S/C7H10Cl2O2/c1-3-6(5(10)11-2)4-7(6,8)9/h3-4H2,1-2H3/t6-/m0/s1. The third-order valence-corrected chi connectivity index (χ3v) is 3.27. The first-order valence-electron chi connectivity index (χ1n) is 3.46. The number of esters is 1. The number of carbonyl (C=O) groups excluding carboxylic acids is 1. The van der Waals surface area contributed by atoms with Crippen LogP contribution in [0.3, 0.4) is 0 Å². The zero-order valence-electron chi connectivity index (χ0n) is 6.49. The van der Waals surface area contributed by atoms with Crippen LogP contribution >= 0.6 is 23.2 Å². The van der Waals surface area contributed by atoms with Gasteiger partial charge in [-0.3, -0.25) is 4.79 Å². The van der Waals surface area contributed by atoms with Crippen LogP contribution in [-0.4, -0.2) is 17.4 Å². The summed E-state index contributed by atoms with van der Waals surface area (Å²) in [7, 11) is 1.35. The van der Waals surface area contributed by atoms with E-state index in [1.807, 2.05) is 6.92 Å². The zero-order valence-corrected chi connectivity index (χ0v) is 8.00. The maximum atomic E-state index is 11.2. The van der Waals surface area contributed by atoms with Gasteiger partial charge in [0.05, 0.1) is 7.11 Å². The van der Waals surface area contributed by atoms with Crippen LogP contribution in [0.4, 0.5) is 0 Å². The largest absolute Gasteiger partial charge is 0.469 e. The Kier molecular flexibility index (Phi) is 2.10. The van der Waals surface area contributed by atoms with E-state index in [2.05, 4.69) is 4.74 Å². The average molecular weight is 197 g/mol. The molecule has 0 bridgehead atoms. The predicted molar refractivity (Wildman–Crippen MR) is 43.8 cm³/mol. The second-order valence-corrected chi connectivity index (χ2v) is 4.29. The molecule has 0 aliphatic heterocycles. The van der Waals surface area contributed by atoms with Gasteiger partial charge in [0.25, 0.3) is 0 Å². The van der Waals surface area contributed by atoms with Crippen LogP contribution in [0.25, 0.3) is 0 Å². The first-order chi connectivity index (χ1) is 5.00. The molecule has 1 aliphatic carbocycles. The molecule has 0 N–H and O–H groups in total. The molecule has 0 aromatic carbocycles. The first kappa shape index (κ1) is 9.14. The Morgan fingerprint density at radius 1 is 1.64 bits per heavy atom. The lowest BCUT2D eigenvalue weighted by molar-refractivity contribution is -0.147. The number of carbonyl (C=O) groups is 1. The first-order valence-corrected chi connectivity index (χ1v) is 4.22. The summed E-state index contributed by atoms with van der Waals surface area (Å²) in [5, 5.41) is 0. The molecule has 2 nitrogen and oxygen atoms in total. The average Bonchev–Trinajstić information content (AvgIpc) is 2.53. The van der Waals surface area contributed by atoms with Gasteiger partial charge < -0.3 is 4.74 Å². The Hall–Kier alpha value is 0.0500. The number of hydrogen-bond donors (Lipinski definition) is 0. The lowest BCUT2D eigenvalue weighted by Gasteiger charge is -2.11. The van der Waals surface area contributed by atoms with E-state index < -0.39 is 9.75 Å². The van der Waals surface area contributed by atoms with E-state index in [0.29, 0.717) is 12.8 Å². The van der Waals surface area contributed by atoms with Crippen molar-refractivity contribution in [3.63, 3.8) is 0 Å². The van der Waals surface area contributed by atoms with Crippen molar-refractivity contribution in [3.8, 4) is 0 Å². The zero-order chi connectivity index (χ0) is 8.70. The van der Waals surface area contributed by atoms with E-state index in [9.17, 15) is 4.79 Å². The van der Waals surface area contributed by atoms with Crippen LogP contribution in [0.15, 0.2) is 0 Å². The summed E-state index contributed by atoms with van der Waals surface area (Å²) in [5.74, 6) is -0.301. The maximum Gasteiger partial charge on any atom is 0.314 e. The van der Waals surface area contributed by atoms with Crippen LogP contribution in [0.2, 0.25) is 0 Å². The van der Waals surface area contributed by atoms with E-state index in [1.54, 1.807) is 0 Å². The number of methoxy groups -OCH3 is 1. The minimum Gasteiger partial charge on any atom is -0.469 e. The molecule has 0 amide bonds. The molecule has 4 heteroatoms. The number of alkyl halides is 2. The molecule has 11 heavy (non-hydrogen) atoms. The van der Waals surface area contributed by atoms with Gasteiger partial charge in [0.1, 0.15) is 9.75 Å². The van der Waals surface area contributed by atoms with E-state index in [0.717, 1.165) is 0 Å². The van der Waals surface area contributed by atoms with E-state index in [1.165, 1.54) is 7.11 Å². The molecule has 0 aromatic heterocycles. The lowest BCUT2D eigenvalue weighted by Crippen LogP contribution is -2.22. The van der Waals surface area contributed by atoms with Crippen LogP contribution in [0, 0.1) is 5.41 Å². The van der Waals surface area contributed by atoms with Gasteiger partial charge in [-0.25, -0.2) is 0 Å². The van der Waals surface area contributed by atoms with Crippen molar-refractivity contribution in [2.75, 3.05) is 7.11 Å². The molecule has 0 saturated heterocycles. The molecule has 0 spiro atoms. The van der Waals surface area contributed by atoms with Gasteiger partial charge in [0.15, 0.2) is 0 Å². The van der Waals surface area contributed by atoms with Gasteiger partial charge in [-0.1, -0.05) is 6.92 Å². The molecule has 1 fully saturated rings. The van der Waals surface area contributed by atoms with Crippen molar-refractivity contribution in [2.45, 2.75) is 24.1 Å². The summed E-state index contributed by atoms with van der Waals surface area (Å²) in [6.45, 7) is 1.88. The lowest BCUT2D eigenvalue weighted by atomic mass is 10.0. The molecule has 0 unspecified atom stereocenters. The minimum atomic E-state index is -0.894. The van der Waals surface area contributed by atoms with Crippen LogP contribution < -0.4 is 0 Å². The summed E-state index contributed by atoms with van der Waals surface area (Å²) in [6, 6.07) is 0. The van der Waals surface area contributed by atoms with Gasteiger partial charge in [0, 0.05) is 6.42 Å². The van der Waals surface area contributed by atoms with Crippen molar-refractivity contribution in [1.29, 1.82) is 0 Å².